The molecule has 2 aromatic rings. The average molecular weight is 337 g/mol. The lowest BCUT2D eigenvalue weighted by atomic mass is 10.3. The van der Waals surface area contributed by atoms with E-state index in [9.17, 15) is 5.11 Å². The molecule has 0 saturated heterocycles. The zero-order valence-corrected chi connectivity index (χ0v) is 13.7. The minimum atomic E-state index is -0.437. The normalized spacial score (nSPS) is 11.8. The molecule has 0 aliphatic rings. The van der Waals surface area contributed by atoms with E-state index in [1.807, 2.05) is 0 Å². The predicted molar refractivity (Wildman–Crippen MR) is 88.5 cm³/mol. The highest BCUT2D eigenvalue weighted by molar-refractivity contribution is 5.85. The summed E-state index contributed by atoms with van der Waals surface area (Å²) in [5.41, 5.74) is 1.38. The van der Waals surface area contributed by atoms with E-state index in [1.54, 1.807) is 6.33 Å². The summed E-state index contributed by atoms with van der Waals surface area (Å²) in [6, 6.07) is 0. The topological polar surface area (TPSA) is 90.0 Å². The number of nitrogens with one attached hydrogen (secondary N) is 2. The van der Waals surface area contributed by atoms with Gasteiger partial charge in [0, 0.05) is 13.1 Å². The van der Waals surface area contributed by atoms with Crippen LogP contribution in [0.2, 0.25) is 0 Å². The molecule has 21 heavy (non-hydrogen) atoms. The van der Waals surface area contributed by atoms with Crippen LogP contribution in [0.1, 0.15) is 13.8 Å². The summed E-state index contributed by atoms with van der Waals surface area (Å²) in [6.07, 6.45) is 2.60. The van der Waals surface area contributed by atoms with Gasteiger partial charge in [-0.1, -0.05) is 13.8 Å². The molecule has 0 aliphatic heterocycles. The van der Waals surface area contributed by atoms with Crippen LogP contribution in [-0.4, -0.2) is 62.2 Å². The van der Waals surface area contributed by atoms with E-state index in [0.29, 0.717) is 24.6 Å². The summed E-state index contributed by atoms with van der Waals surface area (Å²) in [5, 5.41) is 13.1. The Kier molecular flexibility index (Phi) is 9.19. The van der Waals surface area contributed by atoms with Gasteiger partial charge < -0.3 is 20.3 Å². The first-order chi connectivity index (χ1) is 9.24. The summed E-state index contributed by atoms with van der Waals surface area (Å²) in [4.78, 5) is 17.4. The Morgan fingerprint density at radius 1 is 1.24 bits per heavy atom. The van der Waals surface area contributed by atoms with Crippen LogP contribution in [0.15, 0.2) is 12.7 Å². The lowest BCUT2D eigenvalue weighted by Crippen LogP contribution is -2.36. The van der Waals surface area contributed by atoms with Crippen LogP contribution in [0.25, 0.3) is 11.2 Å². The van der Waals surface area contributed by atoms with E-state index in [4.69, 9.17) is 0 Å². The first-order valence-electron chi connectivity index (χ1n) is 6.53. The van der Waals surface area contributed by atoms with E-state index in [0.717, 1.165) is 18.6 Å². The monoisotopic (exact) mass is 336 g/mol. The highest BCUT2D eigenvalue weighted by Gasteiger charge is 2.11. The largest absolute Gasteiger partial charge is 0.390 e. The molecule has 0 spiro atoms. The van der Waals surface area contributed by atoms with E-state index in [2.05, 4.69) is 44.0 Å². The van der Waals surface area contributed by atoms with Crippen LogP contribution in [0, 0.1) is 0 Å². The summed E-state index contributed by atoms with van der Waals surface area (Å²) >= 11 is 0. The first kappa shape index (κ1) is 19.9. The fourth-order valence-corrected chi connectivity index (χ4v) is 1.96. The Balaban J connectivity index is 0.00000200. The number of imidazole rings is 1. The van der Waals surface area contributed by atoms with Gasteiger partial charge in [0.1, 0.15) is 11.8 Å². The molecule has 0 aliphatic carbocycles. The Hall–Kier alpha value is -1.15. The molecule has 120 valence electrons. The van der Waals surface area contributed by atoms with Crippen LogP contribution < -0.4 is 5.32 Å². The lowest BCUT2D eigenvalue weighted by Gasteiger charge is -2.22. The number of halogens is 2. The molecule has 9 heteroatoms. The van der Waals surface area contributed by atoms with Gasteiger partial charge in [0.15, 0.2) is 11.5 Å². The zero-order valence-electron chi connectivity index (χ0n) is 12.1. The Morgan fingerprint density at radius 2 is 1.95 bits per heavy atom. The van der Waals surface area contributed by atoms with Gasteiger partial charge in [-0.25, -0.2) is 15.0 Å². The maximum absolute atomic E-state index is 9.99. The molecule has 0 bridgehead atoms. The predicted octanol–water partition coefficient (Wildman–Crippen LogP) is 1.31. The molecular weight excluding hydrogens is 315 g/mol. The Morgan fingerprint density at radius 3 is 2.62 bits per heavy atom. The van der Waals surface area contributed by atoms with Crippen molar-refractivity contribution in [2.75, 3.05) is 31.5 Å². The highest BCUT2D eigenvalue weighted by Crippen LogP contribution is 2.14. The number of aliphatic hydroxyl groups is 1. The van der Waals surface area contributed by atoms with Crippen molar-refractivity contribution >= 4 is 41.8 Å². The summed E-state index contributed by atoms with van der Waals surface area (Å²) in [7, 11) is 0. The van der Waals surface area contributed by atoms with Gasteiger partial charge in [-0.05, 0) is 13.1 Å². The fourth-order valence-electron chi connectivity index (χ4n) is 1.96. The number of anilines is 1. The second-order valence-electron chi connectivity index (χ2n) is 4.34. The minimum Gasteiger partial charge on any atom is -0.390 e. The van der Waals surface area contributed by atoms with Gasteiger partial charge in [0.25, 0.3) is 0 Å². The summed E-state index contributed by atoms with van der Waals surface area (Å²) < 4.78 is 0. The van der Waals surface area contributed by atoms with Crippen LogP contribution in [0.3, 0.4) is 0 Å². The molecule has 7 nitrogen and oxygen atoms in total. The third-order valence-corrected chi connectivity index (χ3v) is 3.09. The van der Waals surface area contributed by atoms with Crippen LogP contribution in [-0.2, 0) is 0 Å². The van der Waals surface area contributed by atoms with E-state index < -0.39 is 6.10 Å². The third-order valence-electron chi connectivity index (χ3n) is 3.09. The highest BCUT2D eigenvalue weighted by atomic mass is 35.5. The quantitative estimate of drug-likeness (QED) is 0.706. The molecule has 2 aromatic heterocycles. The molecule has 0 fully saturated rings. The fraction of sp³-hybridized carbons (Fsp3) is 0.583. The van der Waals surface area contributed by atoms with Crippen molar-refractivity contribution in [3.05, 3.63) is 12.7 Å². The zero-order chi connectivity index (χ0) is 13.7. The van der Waals surface area contributed by atoms with Crippen molar-refractivity contribution in [3.8, 4) is 0 Å². The van der Waals surface area contributed by atoms with Gasteiger partial charge in [-0.2, -0.15) is 0 Å². The number of H-pyrrole nitrogens is 1. The van der Waals surface area contributed by atoms with E-state index >= 15 is 0 Å². The van der Waals surface area contributed by atoms with Crippen LogP contribution >= 0.6 is 24.8 Å². The molecule has 0 aromatic carbocycles. The van der Waals surface area contributed by atoms with Gasteiger partial charge in [0.05, 0.1) is 12.4 Å². The van der Waals surface area contributed by atoms with Gasteiger partial charge in [0.2, 0.25) is 0 Å². The smallest absolute Gasteiger partial charge is 0.182 e. The van der Waals surface area contributed by atoms with Crippen molar-refractivity contribution < 1.29 is 5.11 Å². The number of aromatic amines is 1. The first-order valence-corrected chi connectivity index (χ1v) is 6.53. The number of fused-ring (bicyclic) bond motifs is 1. The van der Waals surface area contributed by atoms with Crippen molar-refractivity contribution in [3.63, 3.8) is 0 Å². The standard InChI is InChI=1S/C12H20N6O.2ClH/c1-3-18(4-2)6-9(19)5-13-11-10-12(15-7-14-10)17-8-16-11;;/h7-9,19H,3-6H2,1-2H3,(H2,13,14,15,16,17);2*1H. The molecule has 0 radical (unpaired) electrons. The number of aliphatic hydroxyl groups excluding tert-OH is 1. The van der Waals surface area contributed by atoms with Crippen LogP contribution in [0.5, 0.6) is 0 Å². The third kappa shape index (κ3) is 5.28. The Labute approximate surface area is 136 Å². The van der Waals surface area contributed by atoms with E-state index in [1.165, 1.54) is 6.33 Å². The molecule has 0 amide bonds. The number of hydrogen-bond donors (Lipinski definition) is 3. The maximum Gasteiger partial charge on any atom is 0.182 e. The number of hydrogen-bond acceptors (Lipinski definition) is 6. The molecule has 2 heterocycles. The second-order valence-corrected chi connectivity index (χ2v) is 4.34. The lowest BCUT2D eigenvalue weighted by molar-refractivity contribution is 0.128. The molecule has 1 unspecified atom stereocenters. The van der Waals surface area contributed by atoms with Gasteiger partial charge in [-0.3, -0.25) is 0 Å². The van der Waals surface area contributed by atoms with E-state index in [-0.39, 0.29) is 24.8 Å². The average Bonchev–Trinajstić information content (AvgIpc) is 2.91. The summed E-state index contributed by atoms with van der Waals surface area (Å²) in [5.74, 6) is 0.668. The molecule has 0 saturated carbocycles. The maximum atomic E-state index is 9.99. The number of likely N-dealkylation sites (N-methyl/N-ethyl adjacent to an activating group) is 1. The van der Waals surface area contributed by atoms with Crippen molar-refractivity contribution in [2.24, 2.45) is 0 Å². The number of aromatic nitrogens is 4. The van der Waals surface area contributed by atoms with Crippen molar-refractivity contribution in [1.29, 1.82) is 0 Å². The minimum absolute atomic E-state index is 0. The summed E-state index contributed by atoms with van der Waals surface area (Å²) in [6.45, 7) is 7.14. The molecule has 2 rings (SSSR count). The van der Waals surface area contributed by atoms with Crippen molar-refractivity contribution in [2.45, 2.75) is 20.0 Å². The molecule has 3 N–H and O–H groups in total. The van der Waals surface area contributed by atoms with Gasteiger partial charge in [-0.15, -0.1) is 24.8 Å². The van der Waals surface area contributed by atoms with Crippen LogP contribution in [0.4, 0.5) is 5.82 Å². The SMILES string of the molecule is CCN(CC)CC(O)CNc1ncnc2nc[nH]c12.Cl.Cl. The number of rotatable bonds is 7. The molecular formula is C12H22Cl2N6O. The van der Waals surface area contributed by atoms with Gasteiger partial charge >= 0.3 is 0 Å². The Bertz CT molecular complexity index is 519. The number of nitrogens with zero attached hydrogens (tertiary/aromatic N) is 4. The second kappa shape index (κ2) is 9.73. The molecule has 1 atom stereocenters. The van der Waals surface area contributed by atoms with Crippen molar-refractivity contribution in [1.82, 2.24) is 24.8 Å².